The van der Waals surface area contributed by atoms with Gasteiger partial charge in [0.1, 0.15) is 0 Å². The molecule has 0 unspecified atom stereocenters. The van der Waals surface area contributed by atoms with Gasteiger partial charge < -0.3 is 0 Å². The molecule has 1 aliphatic carbocycles. The molecule has 0 radical (unpaired) electrons. The Morgan fingerprint density at radius 3 is 2.06 bits per heavy atom. The molecule has 16 heavy (non-hydrogen) atoms. The van der Waals surface area contributed by atoms with E-state index in [2.05, 4.69) is 0 Å². The standard InChI is InChI=1S/C9H2F6O/c10-4-2-1-3-5(6(4)11)8(12,13)9(14,15)7(3)16/h1-2H. The van der Waals surface area contributed by atoms with Crippen molar-refractivity contribution in [2.45, 2.75) is 11.8 Å². The summed E-state index contributed by atoms with van der Waals surface area (Å²) in [5, 5.41) is 0. The predicted molar refractivity (Wildman–Crippen MR) is 39.5 cm³/mol. The van der Waals surface area contributed by atoms with Gasteiger partial charge in [-0.2, -0.15) is 17.6 Å². The molecular formula is C9H2F6O. The molecule has 86 valence electrons. The normalized spacial score (nSPS) is 21.0. The van der Waals surface area contributed by atoms with Crippen molar-refractivity contribution in [1.82, 2.24) is 0 Å². The van der Waals surface area contributed by atoms with Gasteiger partial charge in [-0.3, -0.25) is 4.79 Å². The van der Waals surface area contributed by atoms with Crippen molar-refractivity contribution in [1.29, 1.82) is 0 Å². The number of rotatable bonds is 0. The van der Waals surface area contributed by atoms with Gasteiger partial charge in [-0.15, -0.1) is 0 Å². The number of hydrogen-bond donors (Lipinski definition) is 0. The fourth-order valence-electron chi connectivity index (χ4n) is 1.52. The van der Waals surface area contributed by atoms with Gasteiger partial charge in [0.2, 0.25) is 5.78 Å². The van der Waals surface area contributed by atoms with Gasteiger partial charge in [0.25, 0.3) is 0 Å². The van der Waals surface area contributed by atoms with Crippen LogP contribution in [0.1, 0.15) is 15.9 Å². The molecule has 0 bridgehead atoms. The van der Waals surface area contributed by atoms with Crippen LogP contribution < -0.4 is 0 Å². The van der Waals surface area contributed by atoms with Crippen molar-refractivity contribution in [3.05, 3.63) is 34.9 Å². The minimum atomic E-state index is -5.04. The summed E-state index contributed by atoms with van der Waals surface area (Å²) >= 11 is 0. The second kappa shape index (κ2) is 2.78. The lowest BCUT2D eigenvalue weighted by molar-refractivity contribution is -0.178. The highest BCUT2D eigenvalue weighted by molar-refractivity contribution is 6.07. The number of carbonyl (C=O) groups is 1. The van der Waals surface area contributed by atoms with Crippen LogP contribution in [0.25, 0.3) is 0 Å². The first kappa shape index (κ1) is 11.0. The molecule has 1 aliphatic rings. The van der Waals surface area contributed by atoms with Crippen molar-refractivity contribution < 1.29 is 31.1 Å². The summed E-state index contributed by atoms with van der Waals surface area (Å²) in [6.07, 6.45) is 0. The van der Waals surface area contributed by atoms with E-state index in [0.717, 1.165) is 0 Å². The highest BCUT2D eigenvalue weighted by atomic mass is 19.3. The average molecular weight is 240 g/mol. The number of fused-ring (bicyclic) bond motifs is 1. The van der Waals surface area contributed by atoms with Crippen LogP contribution >= 0.6 is 0 Å². The Morgan fingerprint density at radius 1 is 0.938 bits per heavy atom. The molecule has 0 aromatic heterocycles. The molecule has 1 nitrogen and oxygen atoms in total. The molecule has 0 saturated heterocycles. The van der Waals surface area contributed by atoms with Crippen molar-refractivity contribution in [2.75, 3.05) is 0 Å². The maximum atomic E-state index is 13.0. The summed E-state index contributed by atoms with van der Waals surface area (Å²) < 4.78 is 77.3. The molecule has 0 amide bonds. The summed E-state index contributed by atoms with van der Waals surface area (Å²) in [7, 11) is 0. The fraction of sp³-hybridized carbons (Fsp3) is 0.222. The highest BCUT2D eigenvalue weighted by Crippen LogP contribution is 2.52. The lowest BCUT2D eigenvalue weighted by atomic mass is 10.1. The third-order valence-electron chi connectivity index (χ3n) is 2.33. The first-order chi connectivity index (χ1) is 7.21. The van der Waals surface area contributed by atoms with Gasteiger partial charge in [-0.1, -0.05) is 0 Å². The third kappa shape index (κ3) is 1.00. The number of ketones is 1. The van der Waals surface area contributed by atoms with E-state index in [9.17, 15) is 31.1 Å². The first-order valence-electron chi connectivity index (χ1n) is 4.00. The Kier molecular flexibility index (Phi) is 1.90. The number of halogens is 6. The third-order valence-corrected chi connectivity index (χ3v) is 2.33. The molecule has 1 aromatic rings. The van der Waals surface area contributed by atoms with Crippen LogP contribution in [0.4, 0.5) is 26.3 Å². The second-order valence-corrected chi connectivity index (χ2v) is 3.26. The lowest BCUT2D eigenvalue weighted by Gasteiger charge is -2.17. The number of benzene rings is 1. The van der Waals surface area contributed by atoms with Crippen molar-refractivity contribution in [2.24, 2.45) is 0 Å². The Labute approximate surface area is 84.7 Å². The Bertz CT molecular complexity index is 493. The molecule has 0 saturated carbocycles. The number of alkyl halides is 4. The smallest absolute Gasteiger partial charge is 0.287 e. The summed E-state index contributed by atoms with van der Waals surface area (Å²) in [6.45, 7) is 0. The monoisotopic (exact) mass is 240 g/mol. The molecule has 2 rings (SSSR count). The van der Waals surface area contributed by atoms with Gasteiger partial charge >= 0.3 is 11.8 Å². The largest absolute Gasteiger partial charge is 0.376 e. The predicted octanol–water partition coefficient (Wildman–Crippen LogP) is 2.89. The summed E-state index contributed by atoms with van der Waals surface area (Å²) in [5.41, 5.74) is -3.06. The molecule has 0 spiro atoms. The first-order valence-corrected chi connectivity index (χ1v) is 4.00. The minimum absolute atomic E-state index is 0.351. The highest BCUT2D eigenvalue weighted by Gasteiger charge is 2.70. The molecule has 0 N–H and O–H groups in total. The lowest BCUT2D eigenvalue weighted by Crippen LogP contribution is -2.38. The zero-order chi connectivity index (χ0) is 12.3. The van der Waals surface area contributed by atoms with E-state index in [1.807, 2.05) is 0 Å². The van der Waals surface area contributed by atoms with Gasteiger partial charge in [-0.25, -0.2) is 8.78 Å². The zero-order valence-corrected chi connectivity index (χ0v) is 7.33. The molecule has 0 heterocycles. The van der Waals surface area contributed by atoms with Crippen molar-refractivity contribution in [3.63, 3.8) is 0 Å². The van der Waals surface area contributed by atoms with Gasteiger partial charge in [-0.05, 0) is 12.1 Å². The van der Waals surface area contributed by atoms with Crippen LogP contribution in [-0.4, -0.2) is 11.7 Å². The van der Waals surface area contributed by atoms with E-state index in [1.54, 1.807) is 0 Å². The Hall–Kier alpha value is -1.53. The van der Waals surface area contributed by atoms with E-state index in [-0.39, 0.29) is 0 Å². The Balaban J connectivity index is 2.84. The topological polar surface area (TPSA) is 17.1 Å². The summed E-state index contributed by atoms with van der Waals surface area (Å²) in [4.78, 5) is 10.9. The fourth-order valence-corrected chi connectivity index (χ4v) is 1.52. The van der Waals surface area contributed by atoms with E-state index in [4.69, 9.17) is 0 Å². The van der Waals surface area contributed by atoms with Crippen molar-refractivity contribution >= 4 is 5.78 Å². The Morgan fingerprint density at radius 2 is 1.50 bits per heavy atom. The van der Waals surface area contributed by atoms with E-state index < -0.39 is 40.4 Å². The summed E-state index contributed by atoms with van der Waals surface area (Å²) in [6, 6.07) is 0.772. The van der Waals surface area contributed by atoms with Gasteiger partial charge in [0, 0.05) is 5.56 Å². The van der Waals surface area contributed by atoms with Crippen molar-refractivity contribution in [3.8, 4) is 0 Å². The minimum Gasteiger partial charge on any atom is -0.287 e. The second-order valence-electron chi connectivity index (χ2n) is 3.26. The van der Waals surface area contributed by atoms with Crippen LogP contribution in [0.2, 0.25) is 0 Å². The van der Waals surface area contributed by atoms with E-state index in [1.165, 1.54) is 0 Å². The van der Waals surface area contributed by atoms with Gasteiger partial charge in [0.15, 0.2) is 11.6 Å². The van der Waals surface area contributed by atoms with Crippen LogP contribution in [-0.2, 0) is 5.92 Å². The molecule has 0 aliphatic heterocycles. The summed E-state index contributed by atoms with van der Waals surface area (Å²) in [5.74, 6) is -16.1. The molecule has 1 aromatic carbocycles. The number of carbonyl (C=O) groups excluding carboxylic acids is 1. The molecular weight excluding hydrogens is 238 g/mol. The molecule has 0 fully saturated rings. The average Bonchev–Trinajstić information content (AvgIpc) is 2.31. The molecule has 0 atom stereocenters. The number of Topliss-reactive ketones (excluding diaryl/α,β-unsaturated/α-hetero) is 1. The maximum absolute atomic E-state index is 13.0. The number of hydrogen-bond acceptors (Lipinski definition) is 1. The quantitative estimate of drug-likeness (QED) is 0.637. The van der Waals surface area contributed by atoms with Crippen LogP contribution in [0.5, 0.6) is 0 Å². The maximum Gasteiger partial charge on any atom is 0.376 e. The van der Waals surface area contributed by atoms with E-state index in [0.29, 0.717) is 12.1 Å². The van der Waals surface area contributed by atoms with Gasteiger partial charge in [0.05, 0.1) is 5.56 Å². The zero-order valence-electron chi connectivity index (χ0n) is 7.33. The van der Waals surface area contributed by atoms with Crippen LogP contribution in [0, 0.1) is 11.6 Å². The SMILES string of the molecule is O=C1c2ccc(F)c(F)c2C(F)(F)C1(F)F. The van der Waals surface area contributed by atoms with Crippen LogP contribution in [0.3, 0.4) is 0 Å². The molecule has 7 heteroatoms. The van der Waals surface area contributed by atoms with Crippen LogP contribution in [0.15, 0.2) is 12.1 Å². The van der Waals surface area contributed by atoms with E-state index >= 15 is 0 Å².